The standard InChI is InChI=1S/C9H6Cl4FN3OS/c10-6-2-1-5(3-7(6)11)15-4-16(19-8(12)13)17(14)9(15)18/h1-3,8H,4H2. The van der Waals surface area contributed by atoms with Crippen LogP contribution in [-0.4, -0.2) is 26.5 Å². The molecule has 0 unspecified atom stereocenters. The number of hydrazine groups is 1. The fourth-order valence-corrected chi connectivity index (χ4v) is 2.81. The summed E-state index contributed by atoms with van der Waals surface area (Å²) in [7, 11) is 0. The average Bonchev–Trinajstić information content (AvgIpc) is 2.60. The van der Waals surface area contributed by atoms with Crippen molar-refractivity contribution in [2.75, 3.05) is 11.6 Å². The Kier molecular flexibility index (Phi) is 4.92. The normalized spacial score (nSPS) is 16.8. The van der Waals surface area contributed by atoms with E-state index in [9.17, 15) is 9.28 Å². The minimum atomic E-state index is -0.889. The molecule has 0 aromatic heterocycles. The number of rotatable bonds is 3. The van der Waals surface area contributed by atoms with Gasteiger partial charge >= 0.3 is 6.03 Å². The van der Waals surface area contributed by atoms with E-state index in [4.69, 9.17) is 46.4 Å². The number of amides is 2. The molecule has 1 saturated heterocycles. The number of urea groups is 1. The molecule has 0 saturated carbocycles. The zero-order chi connectivity index (χ0) is 14.2. The number of carbonyl (C=O) groups is 1. The highest BCUT2D eigenvalue weighted by atomic mass is 35.5. The number of hydrogen-bond donors (Lipinski definition) is 0. The van der Waals surface area contributed by atoms with Gasteiger partial charge in [0.15, 0.2) is 4.17 Å². The Balaban J connectivity index is 2.21. The molecular formula is C9H6Cl4FN3OS. The van der Waals surface area contributed by atoms with Crippen molar-refractivity contribution in [3.8, 4) is 0 Å². The van der Waals surface area contributed by atoms with Crippen LogP contribution < -0.4 is 4.90 Å². The number of alkyl halides is 2. The van der Waals surface area contributed by atoms with Crippen LogP contribution in [0.1, 0.15) is 0 Å². The van der Waals surface area contributed by atoms with Crippen LogP contribution in [0, 0.1) is 0 Å². The van der Waals surface area contributed by atoms with Crippen LogP contribution in [0.25, 0.3) is 0 Å². The lowest BCUT2D eigenvalue weighted by Gasteiger charge is -2.16. The molecule has 1 heterocycles. The van der Waals surface area contributed by atoms with E-state index in [2.05, 4.69) is 0 Å². The van der Waals surface area contributed by atoms with Gasteiger partial charge in [-0.25, -0.2) is 4.79 Å². The Morgan fingerprint density at radius 2 is 1.95 bits per heavy atom. The minimum absolute atomic E-state index is 0.0477. The highest BCUT2D eigenvalue weighted by Crippen LogP contribution is 2.34. The summed E-state index contributed by atoms with van der Waals surface area (Å²) in [5.41, 5.74) is 0.422. The number of anilines is 1. The van der Waals surface area contributed by atoms with Gasteiger partial charge in [-0.1, -0.05) is 56.1 Å². The Bertz CT molecular complexity index is 506. The number of benzene rings is 1. The third-order valence-corrected chi connectivity index (χ3v) is 4.14. The second-order valence-corrected chi connectivity index (χ2v) is 6.96. The van der Waals surface area contributed by atoms with Crippen LogP contribution in [0.15, 0.2) is 18.2 Å². The number of halogens is 5. The van der Waals surface area contributed by atoms with Crippen LogP contribution in [0.5, 0.6) is 0 Å². The van der Waals surface area contributed by atoms with Crippen molar-refractivity contribution in [3.05, 3.63) is 28.2 Å². The van der Waals surface area contributed by atoms with Gasteiger partial charge in [0.2, 0.25) is 0 Å². The fraction of sp³-hybridized carbons (Fsp3) is 0.222. The first kappa shape index (κ1) is 15.3. The lowest BCUT2D eigenvalue weighted by Crippen LogP contribution is -2.28. The second kappa shape index (κ2) is 6.11. The molecule has 2 amide bonds. The first-order valence-corrected chi connectivity index (χ1v) is 7.31. The lowest BCUT2D eigenvalue weighted by atomic mass is 10.3. The molecule has 0 spiro atoms. The van der Waals surface area contributed by atoms with E-state index in [0.29, 0.717) is 10.7 Å². The van der Waals surface area contributed by atoms with Crippen LogP contribution in [0.2, 0.25) is 10.0 Å². The van der Waals surface area contributed by atoms with E-state index in [0.717, 1.165) is 16.4 Å². The molecule has 0 aliphatic carbocycles. The molecule has 0 bridgehead atoms. The molecule has 4 nitrogen and oxygen atoms in total. The summed E-state index contributed by atoms with van der Waals surface area (Å²) in [6, 6.07) is 3.70. The van der Waals surface area contributed by atoms with Crippen LogP contribution in [0.3, 0.4) is 0 Å². The number of carbonyl (C=O) groups excluding carboxylic acids is 1. The van der Waals surface area contributed by atoms with E-state index in [1.807, 2.05) is 0 Å². The first-order valence-electron chi connectivity index (χ1n) is 4.85. The quantitative estimate of drug-likeness (QED) is 0.441. The number of hydrogen-bond acceptors (Lipinski definition) is 3. The molecule has 0 atom stereocenters. The predicted octanol–water partition coefficient (Wildman–Crippen LogP) is 4.70. The highest BCUT2D eigenvalue weighted by Gasteiger charge is 2.39. The van der Waals surface area contributed by atoms with Crippen LogP contribution >= 0.6 is 58.4 Å². The summed E-state index contributed by atoms with van der Waals surface area (Å²) in [6.07, 6.45) is 0. The van der Waals surface area contributed by atoms with E-state index < -0.39 is 10.2 Å². The lowest BCUT2D eigenvalue weighted by molar-refractivity contribution is -0.0290. The van der Waals surface area contributed by atoms with Gasteiger partial charge in [-0.3, -0.25) is 4.90 Å². The summed E-state index contributed by atoms with van der Waals surface area (Å²) < 4.78 is 13.7. The van der Waals surface area contributed by atoms with Crippen molar-refractivity contribution in [2.24, 2.45) is 0 Å². The highest BCUT2D eigenvalue weighted by molar-refractivity contribution is 8.00. The summed E-state index contributed by atoms with van der Waals surface area (Å²) in [5, 5.41) is 0.559. The van der Waals surface area contributed by atoms with Crippen molar-refractivity contribution in [2.45, 2.75) is 4.17 Å². The molecule has 1 aliphatic heterocycles. The van der Waals surface area contributed by atoms with E-state index in [1.54, 1.807) is 6.07 Å². The summed E-state index contributed by atoms with van der Waals surface area (Å²) in [4.78, 5) is 12.9. The monoisotopic (exact) mass is 363 g/mol. The largest absolute Gasteiger partial charge is 0.370 e. The fourth-order valence-electron chi connectivity index (χ4n) is 1.44. The summed E-state index contributed by atoms with van der Waals surface area (Å²) in [6.45, 7) is -0.0477. The average molecular weight is 365 g/mol. The van der Waals surface area contributed by atoms with Crippen molar-refractivity contribution in [1.29, 1.82) is 0 Å². The third-order valence-electron chi connectivity index (χ3n) is 2.26. The Hall–Kier alpha value is -0.110. The Morgan fingerprint density at radius 3 is 2.53 bits per heavy atom. The zero-order valence-corrected chi connectivity index (χ0v) is 12.9. The van der Waals surface area contributed by atoms with Gasteiger partial charge in [0.05, 0.1) is 10.0 Å². The smallest absolute Gasteiger partial charge is 0.275 e. The molecule has 104 valence electrons. The molecule has 0 radical (unpaired) electrons. The molecule has 1 aromatic rings. The van der Waals surface area contributed by atoms with Gasteiger partial charge < -0.3 is 0 Å². The van der Waals surface area contributed by atoms with Crippen LogP contribution in [-0.2, 0) is 0 Å². The SMILES string of the molecule is O=C1N(c2ccc(Cl)c(Cl)c2)CN(SC(Cl)Cl)N1F. The molecule has 0 N–H and O–H groups in total. The minimum Gasteiger partial charge on any atom is -0.275 e. The predicted molar refractivity (Wildman–Crippen MR) is 77.1 cm³/mol. The van der Waals surface area contributed by atoms with E-state index >= 15 is 0 Å². The van der Waals surface area contributed by atoms with Crippen molar-refractivity contribution < 1.29 is 9.28 Å². The molecule has 1 aromatic carbocycles. The van der Waals surface area contributed by atoms with Crippen molar-refractivity contribution >= 4 is 70.1 Å². The molecular weight excluding hydrogens is 359 g/mol. The van der Waals surface area contributed by atoms with Gasteiger partial charge in [0.25, 0.3) is 0 Å². The zero-order valence-electron chi connectivity index (χ0n) is 9.06. The molecule has 19 heavy (non-hydrogen) atoms. The van der Waals surface area contributed by atoms with Gasteiger partial charge in [0.1, 0.15) is 6.67 Å². The first-order chi connectivity index (χ1) is 8.90. The van der Waals surface area contributed by atoms with Gasteiger partial charge in [-0.05, 0) is 30.1 Å². The second-order valence-electron chi connectivity index (χ2n) is 3.43. The van der Waals surface area contributed by atoms with E-state index in [-0.39, 0.29) is 16.9 Å². The third kappa shape index (κ3) is 3.32. The van der Waals surface area contributed by atoms with Gasteiger partial charge in [0, 0.05) is 5.69 Å². The molecule has 1 fully saturated rings. The van der Waals surface area contributed by atoms with Crippen molar-refractivity contribution in [3.63, 3.8) is 0 Å². The summed E-state index contributed by atoms with van der Waals surface area (Å²) in [5.74, 6) is 0. The number of nitrogens with zero attached hydrogens (tertiary/aromatic N) is 3. The molecule has 1 aliphatic rings. The van der Waals surface area contributed by atoms with Crippen molar-refractivity contribution in [1.82, 2.24) is 9.65 Å². The molecule has 10 heteroatoms. The summed E-state index contributed by atoms with van der Waals surface area (Å²) >= 11 is 23.5. The maximum atomic E-state index is 13.6. The Morgan fingerprint density at radius 1 is 1.26 bits per heavy atom. The van der Waals surface area contributed by atoms with Crippen LogP contribution in [0.4, 0.5) is 15.0 Å². The van der Waals surface area contributed by atoms with E-state index in [1.165, 1.54) is 17.0 Å². The Labute approximate surface area is 133 Å². The van der Waals surface area contributed by atoms with Gasteiger partial charge in [-0.15, -0.1) is 4.41 Å². The van der Waals surface area contributed by atoms with Gasteiger partial charge in [-0.2, -0.15) is 0 Å². The topological polar surface area (TPSA) is 26.8 Å². The maximum Gasteiger partial charge on any atom is 0.370 e. The molecule has 2 rings (SSSR count). The maximum absolute atomic E-state index is 13.6.